The standard InChI is InChI=1S/C24H22N4O6/c1-34-19-5-2-4-17(14-19)22(29)20-21(16-6-8-18(9-7-16)28(32)33)27(24(31)23(20)30)12-3-11-26-13-10-25-15-26/h2,4-10,13-15,21,29H,3,11-12H2,1H3. The summed E-state index contributed by atoms with van der Waals surface area (Å²) in [5.74, 6) is -1.41. The third kappa shape index (κ3) is 4.38. The van der Waals surface area contributed by atoms with Crippen molar-refractivity contribution in [3.8, 4) is 5.75 Å². The molecule has 0 saturated carbocycles. The maximum Gasteiger partial charge on any atom is 0.295 e. The first-order chi connectivity index (χ1) is 16.4. The van der Waals surface area contributed by atoms with Gasteiger partial charge in [-0.1, -0.05) is 12.1 Å². The third-order valence-electron chi connectivity index (χ3n) is 5.68. The first kappa shape index (κ1) is 22.7. The molecular weight excluding hydrogens is 440 g/mol. The number of hydrogen-bond acceptors (Lipinski definition) is 7. The van der Waals surface area contributed by atoms with Gasteiger partial charge in [-0.2, -0.15) is 0 Å². The van der Waals surface area contributed by atoms with E-state index in [1.165, 1.54) is 36.3 Å². The molecule has 0 spiro atoms. The van der Waals surface area contributed by atoms with Crippen LogP contribution in [0.3, 0.4) is 0 Å². The zero-order valence-corrected chi connectivity index (χ0v) is 18.3. The van der Waals surface area contributed by atoms with Gasteiger partial charge in [-0.25, -0.2) is 4.98 Å². The summed E-state index contributed by atoms with van der Waals surface area (Å²) in [6.45, 7) is 0.811. The van der Waals surface area contributed by atoms with Crippen LogP contribution >= 0.6 is 0 Å². The van der Waals surface area contributed by atoms with Gasteiger partial charge in [0.05, 0.1) is 30.0 Å². The second-order valence-corrected chi connectivity index (χ2v) is 7.73. The van der Waals surface area contributed by atoms with Gasteiger partial charge in [-0.15, -0.1) is 0 Å². The number of non-ortho nitro benzene ring substituents is 1. The number of aromatic nitrogens is 2. The molecule has 4 rings (SSSR count). The number of aryl methyl sites for hydroxylation is 1. The summed E-state index contributed by atoms with van der Waals surface area (Å²) in [7, 11) is 1.48. The van der Waals surface area contributed by atoms with Gasteiger partial charge in [0.25, 0.3) is 17.4 Å². The minimum absolute atomic E-state index is 0.0743. The van der Waals surface area contributed by atoms with Crippen molar-refractivity contribution in [1.82, 2.24) is 14.5 Å². The lowest BCUT2D eigenvalue weighted by molar-refractivity contribution is -0.384. The van der Waals surface area contributed by atoms with Gasteiger partial charge < -0.3 is 19.3 Å². The van der Waals surface area contributed by atoms with Gasteiger partial charge in [-0.3, -0.25) is 19.7 Å². The Hall–Kier alpha value is -4.47. The minimum atomic E-state index is -0.894. The van der Waals surface area contributed by atoms with Crippen molar-refractivity contribution in [2.24, 2.45) is 0 Å². The Balaban J connectivity index is 1.75. The molecule has 10 heteroatoms. The van der Waals surface area contributed by atoms with E-state index in [4.69, 9.17) is 4.74 Å². The van der Waals surface area contributed by atoms with Crippen LogP contribution in [0, 0.1) is 10.1 Å². The predicted octanol–water partition coefficient (Wildman–Crippen LogP) is 3.31. The number of nitro groups is 1. The Bertz CT molecular complexity index is 1250. The average molecular weight is 462 g/mol. The van der Waals surface area contributed by atoms with Crippen molar-refractivity contribution in [2.75, 3.05) is 13.7 Å². The van der Waals surface area contributed by atoms with E-state index < -0.39 is 22.7 Å². The molecule has 1 aromatic heterocycles. The van der Waals surface area contributed by atoms with Crippen LogP contribution in [-0.2, 0) is 16.1 Å². The second kappa shape index (κ2) is 9.57. The molecule has 1 saturated heterocycles. The molecule has 0 radical (unpaired) electrons. The smallest absolute Gasteiger partial charge is 0.295 e. The highest BCUT2D eigenvalue weighted by molar-refractivity contribution is 6.46. The largest absolute Gasteiger partial charge is 0.507 e. The van der Waals surface area contributed by atoms with Crippen LogP contribution in [0.15, 0.2) is 72.8 Å². The Labute approximate surface area is 194 Å². The molecule has 2 heterocycles. The van der Waals surface area contributed by atoms with Crippen molar-refractivity contribution in [1.29, 1.82) is 0 Å². The van der Waals surface area contributed by atoms with Crippen LogP contribution in [0.5, 0.6) is 5.75 Å². The Morgan fingerprint density at radius 1 is 1.18 bits per heavy atom. The van der Waals surface area contributed by atoms with Crippen molar-refractivity contribution < 1.29 is 24.4 Å². The molecule has 34 heavy (non-hydrogen) atoms. The molecular formula is C24H22N4O6. The Kier molecular flexibility index (Phi) is 6.39. The highest BCUT2D eigenvalue weighted by atomic mass is 16.6. The molecule has 1 unspecified atom stereocenters. The molecule has 1 fully saturated rings. The van der Waals surface area contributed by atoms with Gasteiger partial charge in [0, 0.05) is 43.2 Å². The van der Waals surface area contributed by atoms with Crippen molar-refractivity contribution in [3.05, 3.63) is 94.1 Å². The first-order valence-electron chi connectivity index (χ1n) is 10.5. The number of nitro benzene ring substituents is 1. The predicted molar refractivity (Wildman–Crippen MR) is 122 cm³/mol. The minimum Gasteiger partial charge on any atom is -0.507 e. The zero-order chi connectivity index (χ0) is 24.2. The van der Waals surface area contributed by atoms with E-state index in [-0.39, 0.29) is 23.6 Å². The maximum atomic E-state index is 13.1. The number of nitrogens with zero attached hydrogens (tertiary/aromatic N) is 4. The second-order valence-electron chi connectivity index (χ2n) is 7.73. The van der Waals surface area contributed by atoms with E-state index in [1.54, 1.807) is 43.0 Å². The molecule has 2 aromatic carbocycles. The molecule has 0 aliphatic carbocycles. The maximum absolute atomic E-state index is 13.1. The normalized spacial score (nSPS) is 17.2. The number of aliphatic hydroxyl groups excluding tert-OH is 1. The van der Waals surface area contributed by atoms with E-state index in [9.17, 15) is 24.8 Å². The molecule has 1 aliphatic heterocycles. The van der Waals surface area contributed by atoms with Crippen molar-refractivity contribution in [3.63, 3.8) is 0 Å². The number of methoxy groups -OCH3 is 1. The number of carbonyl (C=O) groups excluding carboxylic acids is 2. The number of carbonyl (C=O) groups is 2. The SMILES string of the molecule is COc1cccc(C(O)=C2C(=O)C(=O)N(CCCn3ccnc3)C2c2ccc([N+](=O)[O-])cc2)c1. The molecule has 1 atom stereocenters. The lowest BCUT2D eigenvalue weighted by Gasteiger charge is -2.25. The van der Waals surface area contributed by atoms with Crippen LogP contribution in [0.2, 0.25) is 0 Å². The van der Waals surface area contributed by atoms with E-state index in [0.29, 0.717) is 29.8 Å². The van der Waals surface area contributed by atoms with E-state index >= 15 is 0 Å². The summed E-state index contributed by atoms with van der Waals surface area (Å²) in [6, 6.07) is 11.3. The van der Waals surface area contributed by atoms with Crippen molar-refractivity contribution >= 4 is 23.1 Å². The van der Waals surface area contributed by atoms with Gasteiger partial charge >= 0.3 is 0 Å². The summed E-state index contributed by atoms with van der Waals surface area (Å²) in [6.07, 6.45) is 5.64. The van der Waals surface area contributed by atoms with Crippen LogP contribution in [0.4, 0.5) is 5.69 Å². The lowest BCUT2D eigenvalue weighted by atomic mass is 9.95. The fraction of sp³-hybridized carbons (Fsp3) is 0.208. The van der Waals surface area contributed by atoms with Gasteiger partial charge in [0.15, 0.2) is 0 Å². The quantitative estimate of drug-likeness (QED) is 0.179. The topological polar surface area (TPSA) is 128 Å². The van der Waals surface area contributed by atoms with Crippen LogP contribution in [0.1, 0.15) is 23.6 Å². The summed E-state index contributed by atoms with van der Waals surface area (Å²) in [5.41, 5.74) is 0.614. The number of aliphatic hydroxyl groups is 1. The van der Waals surface area contributed by atoms with E-state index in [0.717, 1.165) is 0 Å². The van der Waals surface area contributed by atoms with Crippen LogP contribution < -0.4 is 4.74 Å². The number of ketones is 1. The van der Waals surface area contributed by atoms with Crippen LogP contribution in [-0.4, -0.2) is 49.8 Å². The fourth-order valence-corrected chi connectivity index (χ4v) is 4.00. The van der Waals surface area contributed by atoms with Gasteiger partial charge in [0.2, 0.25) is 0 Å². The summed E-state index contributed by atoms with van der Waals surface area (Å²) < 4.78 is 7.06. The first-order valence-corrected chi connectivity index (χ1v) is 10.5. The number of Topliss-reactive ketones (excluding diaryl/α,β-unsaturated/α-hetero) is 1. The number of ether oxygens (including phenoxy) is 1. The lowest BCUT2D eigenvalue weighted by Crippen LogP contribution is -2.31. The molecule has 1 aliphatic rings. The molecule has 1 amide bonds. The number of amides is 1. The van der Waals surface area contributed by atoms with Gasteiger partial charge in [-0.05, 0) is 36.2 Å². The summed E-state index contributed by atoms with van der Waals surface area (Å²) in [5, 5.41) is 22.2. The number of imidazole rings is 1. The summed E-state index contributed by atoms with van der Waals surface area (Å²) in [4.78, 5) is 42.0. The number of rotatable bonds is 8. The molecule has 0 bridgehead atoms. The molecule has 3 aromatic rings. The Morgan fingerprint density at radius 2 is 1.94 bits per heavy atom. The average Bonchev–Trinajstić information content (AvgIpc) is 3.46. The molecule has 174 valence electrons. The summed E-state index contributed by atoms with van der Waals surface area (Å²) >= 11 is 0. The highest BCUT2D eigenvalue weighted by Gasteiger charge is 2.45. The van der Waals surface area contributed by atoms with Crippen molar-refractivity contribution in [2.45, 2.75) is 19.0 Å². The van der Waals surface area contributed by atoms with Crippen LogP contribution in [0.25, 0.3) is 5.76 Å². The molecule has 1 N–H and O–H groups in total. The fourth-order valence-electron chi connectivity index (χ4n) is 4.00. The van der Waals surface area contributed by atoms with E-state index in [1.807, 2.05) is 4.57 Å². The third-order valence-corrected chi connectivity index (χ3v) is 5.68. The zero-order valence-electron chi connectivity index (χ0n) is 18.3. The monoisotopic (exact) mass is 462 g/mol. The number of benzene rings is 2. The molecule has 10 nitrogen and oxygen atoms in total. The number of likely N-dealkylation sites (tertiary alicyclic amines) is 1. The Morgan fingerprint density at radius 3 is 2.59 bits per heavy atom. The number of hydrogen-bond donors (Lipinski definition) is 1. The van der Waals surface area contributed by atoms with Gasteiger partial charge in [0.1, 0.15) is 11.5 Å². The highest BCUT2D eigenvalue weighted by Crippen LogP contribution is 2.40. The van der Waals surface area contributed by atoms with E-state index in [2.05, 4.69) is 4.98 Å².